The lowest BCUT2D eigenvalue weighted by Gasteiger charge is -2.15. The molecule has 0 saturated carbocycles. The molecule has 0 aliphatic rings. The number of pyridine rings is 1. The van der Waals surface area contributed by atoms with Crippen LogP contribution in [0.1, 0.15) is 18.2 Å². The van der Waals surface area contributed by atoms with Crippen LogP contribution in [0, 0.1) is 12.7 Å². The molecular weight excluding hydrogens is 283 g/mol. The second kappa shape index (κ2) is 4.61. The summed E-state index contributed by atoms with van der Waals surface area (Å²) in [5.41, 5.74) is 3.52. The molecule has 1 aromatic carbocycles. The molecule has 0 bridgehead atoms. The largest absolute Gasteiger partial charge is 0.387 e. The maximum absolute atomic E-state index is 14.0. The Hall–Kier alpha value is -1.16. The van der Waals surface area contributed by atoms with Gasteiger partial charge in [0.1, 0.15) is 5.82 Å². The van der Waals surface area contributed by atoms with Crippen molar-refractivity contribution >= 4 is 32.5 Å². The van der Waals surface area contributed by atoms with Crippen LogP contribution in [-0.4, -0.2) is 12.0 Å². The number of benzene rings is 1. The van der Waals surface area contributed by atoms with Gasteiger partial charge in [-0.2, -0.15) is 0 Å². The average Bonchev–Trinajstić information content (AvgIpc) is 2.32. The predicted octanol–water partition coefficient (Wildman–Crippen LogP) is 4.05. The van der Waals surface area contributed by atoms with Crippen LogP contribution in [0.25, 0.3) is 10.9 Å². The highest BCUT2D eigenvalue weighted by molar-refractivity contribution is 9.10. The predicted molar refractivity (Wildman–Crippen MR) is 73.1 cm³/mol. The minimum Gasteiger partial charge on any atom is -0.387 e. The van der Waals surface area contributed by atoms with Gasteiger partial charge in [0.05, 0.1) is 16.6 Å². The van der Waals surface area contributed by atoms with E-state index < -0.39 is 0 Å². The highest BCUT2D eigenvalue weighted by atomic mass is 79.9. The molecule has 0 unspecified atom stereocenters. The van der Waals surface area contributed by atoms with Crippen LogP contribution in [0.5, 0.6) is 0 Å². The SMILES string of the molecule is CCc1c(C)nc2c(Br)ccc(F)c2c1NC. The molecular formula is C13H14BrFN2. The first-order valence-corrected chi connectivity index (χ1v) is 6.34. The lowest BCUT2D eigenvalue weighted by atomic mass is 10.0. The molecule has 90 valence electrons. The summed E-state index contributed by atoms with van der Waals surface area (Å²) in [7, 11) is 1.81. The van der Waals surface area contributed by atoms with Crippen LogP contribution >= 0.6 is 15.9 Å². The summed E-state index contributed by atoms with van der Waals surface area (Å²) in [5.74, 6) is -0.241. The smallest absolute Gasteiger partial charge is 0.134 e. The fourth-order valence-electron chi connectivity index (χ4n) is 2.16. The zero-order chi connectivity index (χ0) is 12.6. The summed E-state index contributed by atoms with van der Waals surface area (Å²) < 4.78 is 14.8. The zero-order valence-electron chi connectivity index (χ0n) is 10.1. The summed E-state index contributed by atoms with van der Waals surface area (Å²) in [6, 6.07) is 3.15. The molecule has 1 aromatic heterocycles. The Morgan fingerprint density at radius 3 is 2.71 bits per heavy atom. The van der Waals surface area contributed by atoms with Gasteiger partial charge < -0.3 is 5.32 Å². The van der Waals surface area contributed by atoms with Crippen molar-refractivity contribution < 1.29 is 4.39 Å². The van der Waals surface area contributed by atoms with Crippen LogP contribution in [0.15, 0.2) is 16.6 Å². The number of halogens is 2. The van der Waals surface area contributed by atoms with E-state index in [1.165, 1.54) is 6.07 Å². The molecule has 0 saturated heterocycles. The lowest BCUT2D eigenvalue weighted by Crippen LogP contribution is -2.03. The Kier molecular flexibility index (Phi) is 3.33. The van der Waals surface area contributed by atoms with Crippen molar-refractivity contribution in [3.63, 3.8) is 0 Å². The van der Waals surface area contributed by atoms with Gasteiger partial charge in [0, 0.05) is 17.2 Å². The Morgan fingerprint density at radius 1 is 1.41 bits per heavy atom. The van der Waals surface area contributed by atoms with Gasteiger partial charge in [-0.3, -0.25) is 4.98 Å². The van der Waals surface area contributed by atoms with Crippen LogP contribution in [0.2, 0.25) is 0 Å². The first-order chi connectivity index (χ1) is 8.10. The van der Waals surface area contributed by atoms with Gasteiger partial charge >= 0.3 is 0 Å². The van der Waals surface area contributed by atoms with Crippen molar-refractivity contribution in [1.82, 2.24) is 4.98 Å². The molecule has 17 heavy (non-hydrogen) atoms. The lowest BCUT2D eigenvalue weighted by molar-refractivity contribution is 0.639. The molecule has 1 N–H and O–H groups in total. The van der Waals surface area contributed by atoms with Crippen molar-refractivity contribution in [2.45, 2.75) is 20.3 Å². The number of anilines is 1. The van der Waals surface area contributed by atoms with Crippen molar-refractivity contribution in [3.05, 3.63) is 33.7 Å². The minimum absolute atomic E-state index is 0.241. The topological polar surface area (TPSA) is 24.9 Å². The van der Waals surface area contributed by atoms with E-state index in [2.05, 4.69) is 26.2 Å². The number of rotatable bonds is 2. The molecule has 2 aromatic rings. The Labute approximate surface area is 108 Å². The van der Waals surface area contributed by atoms with Crippen LogP contribution in [0.4, 0.5) is 10.1 Å². The normalized spacial score (nSPS) is 10.9. The van der Waals surface area contributed by atoms with Crippen LogP contribution in [0.3, 0.4) is 0 Å². The molecule has 1 heterocycles. The van der Waals surface area contributed by atoms with E-state index in [4.69, 9.17) is 0 Å². The molecule has 2 nitrogen and oxygen atoms in total. The van der Waals surface area contributed by atoms with Crippen LogP contribution in [-0.2, 0) is 6.42 Å². The first-order valence-electron chi connectivity index (χ1n) is 5.55. The third kappa shape index (κ3) is 1.90. The summed E-state index contributed by atoms with van der Waals surface area (Å²) in [5, 5.41) is 3.66. The van der Waals surface area contributed by atoms with Gasteiger partial charge in [0.2, 0.25) is 0 Å². The van der Waals surface area contributed by atoms with Gasteiger partial charge in [-0.1, -0.05) is 6.92 Å². The molecule has 0 spiro atoms. The molecule has 0 aliphatic heterocycles. The second-order valence-corrected chi connectivity index (χ2v) is 4.76. The van der Waals surface area contributed by atoms with Gasteiger partial charge in [-0.05, 0) is 47.0 Å². The van der Waals surface area contributed by atoms with E-state index in [0.717, 1.165) is 27.8 Å². The number of hydrogen-bond acceptors (Lipinski definition) is 2. The standard InChI is InChI=1S/C13H14BrFN2/c1-4-8-7(2)17-13-9(14)5-6-10(15)11(13)12(8)16-3/h5-6H,4H2,1-3H3,(H,16,17). The minimum atomic E-state index is -0.241. The Morgan fingerprint density at radius 2 is 2.12 bits per heavy atom. The molecule has 0 atom stereocenters. The molecule has 2 rings (SSSR count). The van der Waals surface area contributed by atoms with Crippen molar-refractivity contribution in [2.75, 3.05) is 12.4 Å². The Bertz CT molecular complexity index is 581. The van der Waals surface area contributed by atoms with E-state index >= 15 is 0 Å². The highest BCUT2D eigenvalue weighted by Crippen LogP contribution is 2.34. The summed E-state index contributed by atoms with van der Waals surface area (Å²) >= 11 is 3.42. The maximum Gasteiger partial charge on any atom is 0.134 e. The molecule has 0 radical (unpaired) electrons. The summed E-state index contributed by atoms with van der Waals surface area (Å²) in [4.78, 5) is 4.49. The number of aromatic nitrogens is 1. The van der Waals surface area contributed by atoms with Crippen molar-refractivity contribution in [1.29, 1.82) is 0 Å². The first kappa shape index (κ1) is 12.3. The number of nitrogens with one attached hydrogen (secondary N) is 1. The molecule has 0 amide bonds. The number of hydrogen-bond donors (Lipinski definition) is 1. The Balaban J connectivity index is 2.98. The van der Waals surface area contributed by atoms with Gasteiger partial charge in [-0.15, -0.1) is 0 Å². The monoisotopic (exact) mass is 296 g/mol. The fraction of sp³-hybridized carbons (Fsp3) is 0.308. The van der Waals surface area contributed by atoms with Crippen molar-refractivity contribution in [3.8, 4) is 0 Å². The average molecular weight is 297 g/mol. The third-order valence-electron chi connectivity index (χ3n) is 2.95. The zero-order valence-corrected chi connectivity index (χ0v) is 11.7. The van der Waals surface area contributed by atoms with Gasteiger partial charge in [0.15, 0.2) is 0 Å². The quantitative estimate of drug-likeness (QED) is 0.904. The molecule has 4 heteroatoms. The summed E-state index contributed by atoms with van der Waals surface area (Å²) in [6.07, 6.45) is 0.830. The molecule has 0 aliphatic carbocycles. The second-order valence-electron chi connectivity index (χ2n) is 3.91. The maximum atomic E-state index is 14.0. The van der Waals surface area contributed by atoms with E-state index in [9.17, 15) is 4.39 Å². The van der Waals surface area contributed by atoms with E-state index in [1.54, 1.807) is 6.07 Å². The van der Waals surface area contributed by atoms with Gasteiger partial charge in [0.25, 0.3) is 0 Å². The summed E-state index contributed by atoms with van der Waals surface area (Å²) in [6.45, 7) is 4.00. The molecule has 0 fully saturated rings. The number of fused-ring (bicyclic) bond motifs is 1. The van der Waals surface area contributed by atoms with Crippen LogP contribution < -0.4 is 5.32 Å². The van der Waals surface area contributed by atoms with E-state index in [1.807, 2.05) is 20.9 Å². The number of nitrogens with zero attached hydrogens (tertiary/aromatic N) is 1. The highest BCUT2D eigenvalue weighted by Gasteiger charge is 2.15. The van der Waals surface area contributed by atoms with Gasteiger partial charge in [-0.25, -0.2) is 4.39 Å². The van der Waals surface area contributed by atoms with E-state index in [-0.39, 0.29) is 5.82 Å². The van der Waals surface area contributed by atoms with E-state index in [0.29, 0.717) is 10.9 Å². The third-order valence-corrected chi connectivity index (χ3v) is 3.59. The van der Waals surface area contributed by atoms with Crippen molar-refractivity contribution in [2.24, 2.45) is 0 Å². The number of aryl methyl sites for hydroxylation is 1. The fourth-order valence-corrected chi connectivity index (χ4v) is 2.58.